The normalized spacial score (nSPS) is 20.2. The van der Waals surface area contributed by atoms with Crippen molar-refractivity contribution in [1.82, 2.24) is 4.90 Å². The number of carbonyl (C=O) groups excluding carboxylic acids is 1. The van der Waals surface area contributed by atoms with Crippen molar-refractivity contribution in [1.29, 1.82) is 0 Å². The molecular weight excluding hydrogens is 464 g/mol. The average Bonchev–Trinajstić information content (AvgIpc) is 3.54. The number of benzene rings is 3. The van der Waals surface area contributed by atoms with Gasteiger partial charge in [-0.3, -0.25) is 4.79 Å². The van der Waals surface area contributed by atoms with Crippen LogP contribution >= 0.6 is 0 Å². The Morgan fingerprint density at radius 2 is 1.50 bits per heavy atom. The summed E-state index contributed by atoms with van der Waals surface area (Å²) in [6.07, 6.45) is 0. The van der Waals surface area contributed by atoms with E-state index in [0.29, 0.717) is 34.2 Å². The third-order valence-electron chi connectivity index (χ3n) is 6.67. The van der Waals surface area contributed by atoms with Crippen LogP contribution in [0, 0.1) is 5.92 Å². The molecule has 36 heavy (non-hydrogen) atoms. The molecule has 0 bridgehead atoms. The Hall–Kier alpha value is -4.40. The third kappa shape index (κ3) is 4.35. The number of fused-ring (bicyclic) bond motifs is 1. The van der Waals surface area contributed by atoms with Crippen LogP contribution in [0.4, 0.5) is 10.5 Å². The molecule has 2 N–H and O–H groups in total. The van der Waals surface area contributed by atoms with E-state index in [1.54, 1.807) is 79.8 Å². The van der Waals surface area contributed by atoms with E-state index >= 15 is 0 Å². The van der Waals surface area contributed by atoms with Crippen LogP contribution in [0.1, 0.15) is 23.1 Å². The van der Waals surface area contributed by atoms with Crippen LogP contribution in [-0.4, -0.2) is 49.6 Å². The molecule has 2 aliphatic rings. The van der Waals surface area contributed by atoms with Gasteiger partial charge in [-0.25, -0.2) is 4.79 Å². The van der Waals surface area contributed by atoms with Crippen molar-refractivity contribution in [3.63, 3.8) is 0 Å². The Morgan fingerprint density at radius 1 is 0.889 bits per heavy atom. The second kappa shape index (κ2) is 9.69. The van der Waals surface area contributed by atoms with E-state index in [2.05, 4.69) is 5.32 Å². The van der Waals surface area contributed by atoms with Crippen LogP contribution in [0.25, 0.3) is 0 Å². The lowest BCUT2D eigenvalue weighted by Crippen LogP contribution is -2.36. The largest absolute Gasteiger partial charge is 0.497 e. The van der Waals surface area contributed by atoms with Gasteiger partial charge in [-0.15, -0.1) is 0 Å². The van der Waals surface area contributed by atoms with E-state index in [0.717, 1.165) is 5.56 Å². The van der Waals surface area contributed by atoms with E-state index in [4.69, 9.17) is 18.9 Å². The maximum atomic E-state index is 13.5. The number of amides is 2. The number of urea groups is 1. The number of methoxy groups -OCH3 is 2. The zero-order valence-electron chi connectivity index (χ0n) is 19.8. The molecular formula is C27H26N2O7. The van der Waals surface area contributed by atoms with E-state index in [-0.39, 0.29) is 13.3 Å². The predicted molar refractivity (Wildman–Crippen MR) is 131 cm³/mol. The highest BCUT2D eigenvalue weighted by Gasteiger charge is 2.49. The lowest BCUT2D eigenvalue weighted by molar-refractivity contribution is -0.142. The third-order valence-corrected chi connectivity index (χ3v) is 6.67. The zero-order chi connectivity index (χ0) is 25.2. The van der Waals surface area contributed by atoms with Gasteiger partial charge in [0.25, 0.3) is 0 Å². The van der Waals surface area contributed by atoms with E-state index in [1.165, 1.54) is 0 Å². The monoisotopic (exact) mass is 490 g/mol. The van der Waals surface area contributed by atoms with Crippen LogP contribution in [0.15, 0.2) is 66.7 Å². The first-order chi connectivity index (χ1) is 17.5. The fourth-order valence-corrected chi connectivity index (χ4v) is 4.88. The van der Waals surface area contributed by atoms with Gasteiger partial charge in [0.05, 0.1) is 26.2 Å². The second-order valence-corrected chi connectivity index (χ2v) is 8.61. The van der Waals surface area contributed by atoms with E-state index in [1.807, 2.05) is 6.07 Å². The Kier molecular flexibility index (Phi) is 6.28. The molecule has 1 fully saturated rings. The highest BCUT2D eigenvalue weighted by molar-refractivity contribution is 5.91. The molecule has 1 saturated heterocycles. The summed E-state index contributed by atoms with van der Waals surface area (Å²) >= 11 is 0. The summed E-state index contributed by atoms with van der Waals surface area (Å²) in [6, 6.07) is 18.4. The molecule has 9 nitrogen and oxygen atoms in total. The summed E-state index contributed by atoms with van der Waals surface area (Å²) in [4.78, 5) is 27.8. The maximum absolute atomic E-state index is 13.5. The molecule has 0 aliphatic carbocycles. The number of hydrogen-bond acceptors (Lipinski definition) is 6. The molecule has 0 radical (unpaired) electrons. The van der Waals surface area contributed by atoms with Crippen molar-refractivity contribution in [2.75, 3.05) is 32.9 Å². The van der Waals surface area contributed by atoms with Crippen molar-refractivity contribution in [2.24, 2.45) is 5.92 Å². The summed E-state index contributed by atoms with van der Waals surface area (Å²) in [5.41, 5.74) is 2.05. The minimum atomic E-state index is -0.988. The van der Waals surface area contributed by atoms with Gasteiger partial charge in [-0.2, -0.15) is 0 Å². The number of carboxylic acid groups (broad SMARTS) is 1. The number of hydrogen-bond donors (Lipinski definition) is 2. The Balaban J connectivity index is 1.51. The molecule has 2 aliphatic heterocycles. The molecule has 2 amide bonds. The lowest BCUT2D eigenvalue weighted by atomic mass is 9.83. The number of likely N-dealkylation sites (tertiary alicyclic amines) is 1. The summed E-state index contributed by atoms with van der Waals surface area (Å²) in [6.45, 7) is 0.325. The summed E-state index contributed by atoms with van der Waals surface area (Å²) in [5.74, 6) is 0.150. The second-order valence-electron chi connectivity index (χ2n) is 8.61. The number of carbonyl (C=O) groups is 2. The molecule has 3 aromatic carbocycles. The topological polar surface area (TPSA) is 107 Å². The molecule has 0 aromatic heterocycles. The fourth-order valence-electron chi connectivity index (χ4n) is 4.88. The molecule has 0 saturated carbocycles. The minimum absolute atomic E-state index is 0.122. The number of ether oxygens (including phenoxy) is 4. The highest BCUT2D eigenvalue weighted by Crippen LogP contribution is 2.48. The smallest absolute Gasteiger partial charge is 0.322 e. The molecule has 0 unspecified atom stereocenters. The molecule has 0 spiro atoms. The molecule has 5 rings (SSSR count). The van der Waals surface area contributed by atoms with Gasteiger partial charge in [-0.1, -0.05) is 18.2 Å². The average molecular weight is 491 g/mol. The first kappa shape index (κ1) is 23.3. The van der Waals surface area contributed by atoms with Crippen molar-refractivity contribution in [3.05, 3.63) is 77.9 Å². The standard InChI is InChI=1S/C27H26N2O7/c1-33-19-8-3-16(4-9-19)25-24(26(30)31)21(17-5-12-22-23(13-17)36-15-35-22)14-29(25)27(32)28-18-6-10-20(34-2)11-7-18/h3-13,21,24-25H,14-15H2,1-2H3,(H,28,32)(H,30,31)/t21-,24-,25+/m0/s1. The fraction of sp³-hybridized carbons (Fsp3) is 0.259. The summed E-state index contributed by atoms with van der Waals surface area (Å²) in [5, 5.41) is 13.3. The van der Waals surface area contributed by atoms with Gasteiger partial charge in [0.2, 0.25) is 6.79 Å². The Bertz CT molecular complexity index is 1260. The van der Waals surface area contributed by atoms with Crippen LogP contribution in [0.5, 0.6) is 23.0 Å². The number of carboxylic acids is 1. The molecule has 3 aromatic rings. The Labute approximate surface area is 208 Å². The van der Waals surface area contributed by atoms with Gasteiger partial charge < -0.3 is 34.3 Å². The zero-order valence-corrected chi connectivity index (χ0v) is 19.8. The SMILES string of the molecule is COc1ccc(NC(=O)N2C[C@@H](c3ccc4c(c3)OCO4)[C@H](C(=O)O)[C@H]2c2ccc(OC)cc2)cc1. The molecule has 3 atom stereocenters. The minimum Gasteiger partial charge on any atom is -0.497 e. The maximum Gasteiger partial charge on any atom is 0.322 e. The van der Waals surface area contributed by atoms with Crippen molar-refractivity contribution >= 4 is 17.7 Å². The van der Waals surface area contributed by atoms with Gasteiger partial charge in [0.1, 0.15) is 11.5 Å². The van der Waals surface area contributed by atoms with E-state index in [9.17, 15) is 14.7 Å². The van der Waals surface area contributed by atoms with Crippen LogP contribution in [-0.2, 0) is 4.79 Å². The number of aliphatic carboxylic acids is 1. The van der Waals surface area contributed by atoms with Crippen molar-refractivity contribution in [3.8, 4) is 23.0 Å². The first-order valence-corrected chi connectivity index (χ1v) is 11.5. The van der Waals surface area contributed by atoms with Gasteiger partial charge in [-0.05, 0) is 59.7 Å². The summed E-state index contributed by atoms with van der Waals surface area (Å²) in [7, 11) is 3.13. The van der Waals surface area contributed by atoms with Crippen molar-refractivity contribution < 1.29 is 33.6 Å². The quantitative estimate of drug-likeness (QED) is 0.524. The summed E-state index contributed by atoms with van der Waals surface area (Å²) < 4.78 is 21.4. The predicted octanol–water partition coefficient (Wildman–Crippen LogP) is 4.51. The molecule has 186 valence electrons. The molecule has 2 heterocycles. The lowest BCUT2D eigenvalue weighted by Gasteiger charge is -2.27. The van der Waals surface area contributed by atoms with E-state index < -0.39 is 29.9 Å². The first-order valence-electron chi connectivity index (χ1n) is 11.5. The van der Waals surface area contributed by atoms with Gasteiger partial charge >= 0.3 is 12.0 Å². The van der Waals surface area contributed by atoms with Gasteiger partial charge in [0, 0.05) is 18.2 Å². The Morgan fingerprint density at radius 3 is 2.14 bits per heavy atom. The number of anilines is 1. The number of nitrogens with zero attached hydrogens (tertiary/aromatic N) is 1. The van der Waals surface area contributed by atoms with Crippen LogP contribution < -0.4 is 24.3 Å². The highest BCUT2D eigenvalue weighted by atomic mass is 16.7. The number of nitrogens with one attached hydrogen (secondary N) is 1. The molecule has 9 heteroatoms. The van der Waals surface area contributed by atoms with Crippen LogP contribution in [0.2, 0.25) is 0 Å². The van der Waals surface area contributed by atoms with Crippen LogP contribution in [0.3, 0.4) is 0 Å². The van der Waals surface area contributed by atoms with Gasteiger partial charge in [0.15, 0.2) is 11.5 Å². The number of rotatable bonds is 6. The van der Waals surface area contributed by atoms with Crippen molar-refractivity contribution in [2.45, 2.75) is 12.0 Å².